The molecule has 0 bridgehead atoms. The van der Waals surface area contributed by atoms with Gasteiger partial charge >= 0.3 is 88.7 Å². The van der Waals surface area contributed by atoms with Gasteiger partial charge in [-0.2, -0.15) is 0 Å². The Hall–Kier alpha value is 0.350. The van der Waals surface area contributed by atoms with Gasteiger partial charge in [-0.05, 0) is 32.1 Å². The number of hydrogen-bond donors (Lipinski definition) is 2. The predicted octanol–water partition coefficient (Wildman–Crippen LogP) is -13.4. The molecule has 0 aromatic rings. The molecule has 2 N–H and O–H groups in total. The van der Waals surface area contributed by atoms with E-state index >= 15 is 0 Å². The minimum Gasteiger partial charge on any atom is -0.550 e. The van der Waals surface area contributed by atoms with Crippen molar-refractivity contribution in [2.24, 2.45) is 0 Å². The van der Waals surface area contributed by atoms with Crippen LogP contribution in [0.5, 0.6) is 0 Å². The molecule has 0 unspecified atom stereocenters. The van der Waals surface area contributed by atoms with Crippen LogP contribution in [0.15, 0.2) is 0 Å². The first-order chi connectivity index (χ1) is 11.2. The maximum atomic E-state index is 11.4. The Morgan fingerprint density at radius 2 is 1.19 bits per heavy atom. The van der Waals surface area contributed by atoms with Gasteiger partial charge in [0.2, 0.25) is 11.8 Å². The molecule has 0 aliphatic carbocycles. The smallest absolute Gasteiger partial charge is 0.550 e. The van der Waals surface area contributed by atoms with Crippen molar-refractivity contribution in [2.75, 3.05) is 6.54 Å². The Balaban J connectivity index is -0.000000882. The van der Waals surface area contributed by atoms with Crippen LogP contribution in [0.2, 0.25) is 0 Å². The van der Waals surface area contributed by atoms with Gasteiger partial charge in [-0.1, -0.05) is 0 Å². The molecule has 2 amide bonds. The topological polar surface area (TPSA) is 179 Å². The van der Waals surface area contributed by atoms with E-state index in [1.165, 1.54) is 0 Å². The monoisotopic (exact) mass is 412 g/mol. The van der Waals surface area contributed by atoms with Gasteiger partial charge in [-0.15, -0.1) is 0 Å². The molecule has 10 nitrogen and oxygen atoms in total. The van der Waals surface area contributed by atoms with Crippen LogP contribution in [0, 0.1) is 0 Å². The summed E-state index contributed by atoms with van der Waals surface area (Å²) in [6.07, 6.45) is -0.663. The first-order valence-corrected chi connectivity index (χ1v) is 7.39. The molecule has 0 aliphatic rings. The number of hydrogen-bond acceptors (Lipinski definition) is 8. The molecule has 0 saturated carbocycles. The maximum absolute atomic E-state index is 11.4. The van der Waals surface area contributed by atoms with Crippen molar-refractivity contribution < 1.29 is 128 Å². The second-order valence-electron chi connectivity index (χ2n) is 5.03. The molecule has 1 atom stereocenters. The van der Waals surface area contributed by atoms with Gasteiger partial charge in [0.05, 0.1) is 12.0 Å². The number of aliphatic carboxylic acids is 3. The van der Waals surface area contributed by atoms with Gasteiger partial charge in [0.15, 0.2) is 0 Å². The largest absolute Gasteiger partial charge is 1.00 e. The van der Waals surface area contributed by atoms with Crippen LogP contribution >= 0.6 is 0 Å². The Morgan fingerprint density at radius 3 is 1.63 bits per heavy atom. The van der Waals surface area contributed by atoms with E-state index in [1.54, 1.807) is 0 Å². The number of carboxylic acid groups (broad SMARTS) is 3. The number of carbonyl (C=O) groups is 5. The average molecular weight is 412 g/mol. The summed E-state index contributed by atoms with van der Waals surface area (Å²) in [4.78, 5) is 53.9. The minimum atomic E-state index is -1.49. The zero-order valence-corrected chi connectivity index (χ0v) is 22.0. The fraction of sp³-hybridized carbons (Fsp3) is 0.643. The van der Waals surface area contributed by atoms with E-state index < -0.39 is 42.2 Å². The maximum Gasteiger partial charge on any atom is 1.00 e. The SMILES string of the molecule is O=C([O-])CCC(=O)NCCCC[C@H](NC(=O)CCC(=O)[O-])C(=O)[O-].[Na+].[Na+].[Na+]. The van der Waals surface area contributed by atoms with Crippen LogP contribution < -0.4 is 115 Å². The van der Waals surface area contributed by atoms with Gasteiger partial charge < -0.3 is 40.3 Å². The Labute approximate surface area is 223 Å². The summed E-state index contributed by atoms with van der Waals surface area (Å²) in [7, 11) is 0. The molecule has 0 saturated heterocycles. The van der Waals surface area contributed by atoms with Crippen LogP contribution in [0.1, 0.15) is 44.9 Å². The van der Waals surface area contributed by atoms with E-state index in [0.717, 1.165) is 0 Å². The van der Waals surface area contributed by atoms with Gasteiger partial charge in [-0.25, -0.2) is 0 Å². The molecule has 27 heavy (non-hydrogen) atoms. The molecule has 0 spiro atoms. The Morgan fingerprint density at radius 1 is 0.704 bits per heavy atom. The van der Waals surface area contributed by atoms with Gasteiger partial charge in [0, 0.05) is 31.3 Å². The molecule has 13 heteroatoms. The summed E-state index contributed by atoms with van der Waals surface area (Å²) in [5, 5.41) is 35.9. The summed E-state index contributed by atoms with van der Waals surface area (Å²) in [6, 6.07) is -1.26. The number of unbranched alkanes of at least 4 members (excludes halogenated alkanes) is 1. The van der Waals surface area contributed by atoms with Gasteiger partial charge in [0.1, 0.15) is 0 Å². The minimum absolute atomic E-state index is 0. The van der Waals surface area contributed by atoms with E-state index in [9.17, 15) is 39.3 Å². The van der Waals surface area contributed by atoms with Crippen molar-refractivity contribution in [3.8, 4) is 0 Å². The zero-order valence-electron chi connectivity index (χ0n) is 16.0. The van der Waals surface area contributed by atoms with Crippen molar-refractivity contribution in [1.29, 1.82) is 0 Å². The molecule has 136 valence electrons. The zero-order chi connectivity index (χ0) is 18.5. The molecule has 0 fully saturated rings. The third-order valence-corrected chi connectivity index (χ3v) is 2.97. The normalized spacial score (nSPS) is 10.1. The molecule has 0 rings (SSSR count). The number of carboxylic acids is 3. The Kier molecular flexibility index (Phi) is 27.2. The quantitative estimate of drug-likeness (QED) is 0.221. The fourth-order valence-electron chi connectivity index (χ4n) is 1.74. The summed E-state index contributed by atoms with van der Waals surface area (Å²) in [5.41, 5.74) is 0. The third kappa shape index (κ3) is 22.5. The summed E-state index contributed by atoms with van der Waals surface area (Å²) in [5.74, 6) is -5.41. The molecular weight excluding hydrogens is 393 g/mol. The van der Waals surface area contributed by atoms with E-state index in [1.807, 2.05) is 0 Å². The van der Waals surface area contributed by atoms with Crippen LogP contribution in [0.25, 0.3) is 0 Å². The summed E-state index contributed by atoms with van der Waals surface area (Å²) < 4.78 is 0. The molecule has 0 aromatic heterocycles. The van der Waals surface area contributed by atoms with Crippen LogP contribution in [0.4, 0.5) is 0 Å². The average Bonchev–Trinajstić information content (AvgIpc) is 2.49. The van der Waals surface area contributed by atoms with Gasteiger partial charge in [-0.3, -0.25) is 9.59 Å². The molecule has 0 heterocycles. The number of amides is 2. The second kappa shape index (κ2) is 21.1. The van der Waals surface area contributed by atoms with E-state index in [2.05, 4.69) is 10.6 Å². The second-order valence-corrected chi connectivity index (χ2v) is 5.03. The van der Waals surface area contributed by atoms with E-state index in [0.29, 0.717) is 12.8 Å². The fourth-order valence-corrected chi connectivity index (χ4v) is 1.74. The molecule has 0 radical (unpaired) electrons. The van der Waals surface area contributed by atoms with Crippen LogP contribution in [-0.4, -0.2) is 42.3 Å². The van der Waals surface area contributed by atoms with Crippen LogP contribution in [0.3, 0.4) is 0 Å². The van der Waals surface area contributed by atoms with E-state index in [-0.39, 0.29) is 121 Å². The van der Waals surface area contributed by atoms with Gasteiger partial charge in [0.25, 0.3) is 0 Å². The molecule has 0 aliphatic heterocycles. The first-order valence-electron chi connectivity index (χ1n) is 7.39. The third-order valence-electron chi connectivity index (χ3n) is 2.97. The number of nitrogens with one attached hydrogen (secondary N) is 2. The Bertz CT molecular complexity index is 491. The summed E-state index contributed by atoms with van der Waals surface area (Å²) in [6.45, 7) is 0.226. The van der Waals surface area contributed by atoms with E-state index in [4.69, 9.17) is 0 Å². The van der Waals surface area contributed by atoms with Crippen molar-refractivity contribution in [2.45, 2.75) is 51.0 Å². The molecule has 0 aromatic carbocycles. The van der Waals surface area contributed by atoms with Crippen LogP contribution in [-0.2, 0) is 24.0 Å². The van der Waals surface area contributed by atoms with Crippen molar-refractivity contribution in [1.82, 2.24) is 10.6 Å². The molecular formula is C14H19N2Na3O8. The summed E-state index contributed by atoms with van der Waals surface area (Å²) >= 11 is 0. The van der Waals surface area contributed by atoms with Crippen molar-refractivity contribution in [3.63, 3.8) is 0 Å². The van der Waals surface area contributed by atoms with Crippen molar-refractivity contribution in [3.05, 3.63) is 0 Å². The standard InChI is InChI=1S/C14H22N2O8.3Na/c17-10(4-6-12(19)20)15-8-2-1-3-9(14(23)24)16-11(18)5-7-13(21)22;;;/h9H,1-8H2,(H,15,17)(H,16,18)(H,19,20)(H,21,22)(H,23,24);;;/q;3*+1/p-3/t9-;;;/m0.../s1. The number of carbonyl (C=O) groups excluding carboxylic acids is 5. The first kappa shape index (κ1) is 34.8. The number of rotatable bonds is 13. The predicted molar refractivity (Wildman–Crippen MR) is 72.3 cm³/mol. The van der Waals surface area contributed by atoms with Crippen molar-refractivity contribution >= 4 is 29.7 Å².